The van der Waals surface area contributed by atoms with Crippen molar-refractivity contribution in [2.24, 2.45) is 0 Å². The van der Waals surface area contributed by atoms with Crippen molar-refractivity contribution in [3.63, 3.8) is 0 Å². The maximum atomic E-state index is 11.7. The lowest BCUT2D eigenvalue weighted by atomic mass is 10.2. The smallest absolute Gasteiger partial charge is 0.228 e. The van der Waals surface area contributed by atoms with E-state index < -0.39 is 0 Å². The Balaban J connectivity index is 1.76. The maximum Gasteiger partial charge on any atom is 0.228 e. The van der Waals surface area contributed by atoms with Crippen LogP contribution >= 0.6 is 0 Å². The van der Waals surface area contributed by atoms with Crippen LogP contribution in [0.1, 0.15) is 12.0 Å². The van der Waals surface area contributed by atoms with Crippen LogP contribution in [0.5, 0.6) is 5.75 Å². The summed E-state index contributed by atoms with van der Waals surface area (Å²) in [5.74, 6) is 1.11. The van der Waals surface area contributed by atoms with Crippen LogP contribution in [-0.2, 0) is 4.79 Å². The Morgan fingerprint density at radius 1 is 1.35 bits per heavy atom. The molecule has 1 amide bonds. The van der Waals surface area contributed by atoms with Crippen LogP contribution in [0.4, 0.5) is 11.5 Å². The van der Waals surface area contributed by atoms with E-state index in [2.05, 4.69) is 10.3 Å². The van der Waals surface area contributed by atoms with Crippen molar-refractivity contribution in [1.82, 2.24) is 4.98 Å². The quantitative estimate of drug-likeness (QED) is 0.875. The molecular formula is C15H17N3O2. The Bertz CT molecular complexity index is 582. The fourth-order valence-electron chi connectivity index (χ4n) is 1.65. The molecule has 20 heavy (non-hydrogen) atoms. The summed E-state index contributed by atoms with van der Waals surface area (Å²) in [7, 11) is 0. The second kappa shape index (κ2) is 6.56. The van der Waals surface area contributed by atoms with E-state index in [4.69, 9.17) is 10.5 Å². The first-order valence-electron chi connectivity index (χ1n) is 6.34. The van der Waals surface area contributed by atoms with Crippen LogP contribution in [0.25, 0.3) is 0 Å². The molecule has 0 aliphatic carbocycles. The molecule has 0 radical (unpaired) electrons. The first-order valence-corrected chi connectivity index (χ1v) is 6.34. The van der Waals surface area contributed by atoms with Gasteiger partial charge in [-0.25, -0.2) is 4.98 Å². The van der Waals surface area contributed by atoms with Gasteiger partial charge in [0.15, 0.2) is 0 Å². The molecule has 2 rings (SSSR count). The number of nitrogens with zero attached hydrogens (tertiary/aromatic N) is 1. The van der Waals surface area contributed by atoms with Gasteiger partial charge in [-0.1, -0.05) is 12.1 Å². The SMILES string of the molecule is Cc1cccc(OCCC(=O)Nc2ccc(N)cn2)c1. The minimum atomic E-state index is -0.144. The van der Waals surface area contributed by atoms with Crippen molar-refractivity contribution >= 4 is 17.4 Å². The lowest BCUT2D eigenvalue weighted by Gasteiger charge is -2.07. The molecule has 1 aromatic heterocycles. The normalized spacial score (nSPS) is 10.1. The highest BCUT2D eigenvalue weighted by atomic mass is 16.5. The van der Waals surface area contributed by atoms with Crippen molar-refractivity contribution in [3.8, 4) is 5.75 Å². The fourth-order valence-corrected chi connectivity index (χ4v) is 1.65. The molecule has 3 N–H and O–H groups in total. The number of hydrogen-bond donors (Lipinski definition) is 2. The van der Waals surface area contributed by atoms with E-state index in [0.717, 1.165) is 11.3 Å². The molecule has 1 heterocycles. The van der Waals surface area contributed by atoms with Gasteiger partial charge in [-0.2, -0.15) is 0 Å². The Kier molecular flexibility index (Phi) is 4.55. The number of amides is 1. The molecule has 0 bridgehead atoms. The van der Waals surface area contributed by atoms with Crippen molar-refractivity contribution in [1.29, 1.82) is 0 Å². The third-order valence-corrected chi connectivity index (χ3v) is 2.64. The lowest BCUT2D eigenvalue weighted by Crippen LogP contribution is -2.16. The zero-order valence-electron chi connectivity index (χ0n) is 11.3. The van der Waals surface area contributed by atoms with Crippen LogP contribution < -0.4 is 15.8 Å². The summed E-state index contributed by atoms with van der Waals surface area (Å²) in [5.41, 5.74) is 7.20. The number of carbonyl (C=O) groups excluding carboxylic acids is 1. The van der Waals surface area contributed by atoms with Gasteiger partial charge >= 0.3 is 0 Å². The highest BCUT2D eigenvalue weighted by molar-refractivity contribution is 5.89. The molecule has 0 aliphatic heterocycles. The molecule has 0 saturated heterocycles. The first-order chi connectivity index (χ1) is 9.63. The maximum absolute atomic E-state index is 11.7. The summed E-state index contributed by atoms with van der Waals surface area (Å²) in [6.45, 7) is 2.32. The Morgan fingerprint density at radius 3 is 2.90 bits per heavy atom. The highest BCUT2D eigenvalue weighted by Crippen LogP contribution is 2.12. The number of rotatable bonds is 5. The average molecular weight is 271 g/mol. The lowest BCUT2D eigenvalue weighted by molar-refractivity contribution is -0.116. The van der Waals surface area contributed by atoms with E-state index in [9.17, 15) is 4.79 Å². The van der Waals surface area contributed by atoms with Crippen molar-refractivity contribution in [3.05, 3.63) is 48.2 Å². The van der Waals surface area contributed by atoms with E-state index in [-0.39, 0.29) is 12.3 Å². The van der Waals surface area contributed by atoms with Gasteiger partial charge in [0.1, 0.15) is 11.6 Å². The van der Waals surface area contributed by atoms with Gasteiger partial charge in [0.05, 0.1) is 24.9 Å². The van der Waals surface area contributed by atoms with Crippen molar-refractivity contribution < 1.29 is 9.53 Å². The number of aromatic nitrogens is 1. The fraction of sp³-hybridized carbons (Fsp3) is 0.200. The minimum Gasteiger partial charge on any atom is -0.493 e. The van der Waals surface area contributed by atoms with E-state index in [1.807, 2.05) is 31.2 Å². The van der Waals surface area contributed by atoms with Gasteiger partial charge in [-0.3, -0.25) is 4.79 Å². The number of pyridine rings is 1. The highest BCUT2D eigenvalue weighted by Gasteiger charge is 2.04. The molecule has 0 saturated carbocycles. The van der Waals surface area contributed by atoms with Gasteiger partial charge in [-0.15, -0.1) is 0 Å². The largest absolute Gasteiger partial charge is 0.493 e. The second-order valence-corrected chi connectivity index (χ2v) is 4.44. The number of nitrogens with one attached hydrogen (secondary N) is 1. The molecule has 1 aromatic carbocycles. The van der Waals surface area contributed by atoms with E-state index in [0.29, 0.717) is 18.1 Å². The van der Waals surface area contributed by atoms with Crippen molar-refractivity contribution in [2.75, 3.05) is 17.7 Å². The van der Waals surface area contributed by atoms with Gasteiger partial charge in [0, 0.05) is 0 Å². The zero-order chi connectivity index (χ0) is 14.4. The molecule has 104 valence electrons. The van der Waals surface area contributed by atoms with Crippen LogP contribution in [0.3, 0.4) is 0 Å². The first kappa shape index (κ1) is 13.9. The van der Waals surface area contributed by atoms with Gasteiger partial charge in [-0.05, 0) is 36.8 Å². The predicted molar refractivity (Wildman–Crippen MR) is 78.6 cm³/mol. The summed E-state index contributed by atoms with van der Waals surface area (Å²) in [6, 6.07) is 11.1. The Hall–Kier alpha value is -2.56. The van der Waals surface area contributed by atoms with Crippen LogP contribution in [0, 0.1) is 6.92 Å². The Morgan fingerprint density at radius 2 is 2.20 bits per heavy atom. The molecule has 0 atom stereocenters. The number of nitrogens with two attached hydrogens (primary N) is 1. The molecule has 5 heteroatoms. The summed E-state index contributed by atoms with van der Waals surface area (Å²) >= 11 is 0. The minimum absolute atomic E-state index is 0.144. The van der Waals surface area contributed by atoms with Gasteiger partial charge in [0.25, 0.3) is 0 Å². The van der Waals surface area contributed by atoms with Gasteiger partial charge in [0.2, 0.25) is 5.91 Å². The zero-order valence-corrected chi connectivity index (χ0v) is 11.3. The molecular weight excluding hydrogens is 254 g/mol. The Labute approximate surface area is 117 Å². The topological polar surface area (TPSA) is 77.2 Å². The standard InChI is InChI=1S/C15H17N3O2/c1-11-3-2-4-13(9-11)20-8-7-15(19)18-14-6-5-12(16)10-17-14/h2-6,9-10H,7-8,16H2,1H3,(H,17,18,19). The third kappa shape index (κ3) is 4.28. The number of hydrogen-bond acceptors (Lipinski definition) is 4. The summed E-state index contributed by atoms with van der Waals surface area (Å²) < 4.78 is 5.51. The second-order valence-electron chi connectivity index (χ2n) is 4.44. The molecule has 0 spiro atoms. The molecule has 5 nitrogen and oxygen atoms in total. The number of benzene rings is 1. The average Bonchev–Trinajstić information content (AvgIpc) is 2.41. The van der Waals surface area contributed by atoms with Crippen LogP contribution in [0.15, 0.2) is 42.6 Å². The van der Waals surface area contributed by atoms with Crippen molar-refractivity contribution in [2.45, 2.75) is 13.3 Å². The van der Waals surface area contributed by atoms with Crippen LogP contribution in [-0.4, -0.2) is 17.5 Å². The number of anilines is 2. The summed E-state index contributed by atoms with van der Waals surface area (Å²) in [6.07, 6.45) is 1.76. The summed E-state index contributed by atoms with van der Waals surface area (Å²) in [5, 5.41) is 2.68. The molecule has 0 aliphatic rings. The van der Waals surface area contributed by atoms with E-state index in [1.165, 1.54) is 6.20 Å². The predicted octanol–water partition coefficient (Wildman–Crippen LogP) is 2.38. The van der Waals surface area contributed by atoms with E-state index >= 15 is 0 Å². The number of carbonyl (C=O) groups is 1. The number of nitrogen functional groups attached to an aromatic ring is 1. The number of aryl methyl sites for hydroxylation is 1. The third-order valence-electron chi connectivity index (χ3n) is 2.64. The molecule has 0 unspecified atom stereocenters. The summed E-state index contributed by atoms with van der Waals surface area (Å²) in [4.78, 5) is 15.7. The van der Waals surface area contributed by atoms with Crippen LogP contribution in [0.2, 0.25) is 0 Å². The molecule has 0 fully saturated rings. The monoisotopic (exact) mass is 271 g/mol. The number of ether oxygens (including phenoxy) is 1. The van der Waals surface area contributed by atoms with Gasteiger partial charge < -0.3 is 15.8 Å². The molecule has 2 aromatic rings. The van der Waals surface area contributed by atoms with E-state index in [1.54, 1.807) is 12.1 Å².